The summed E-state index contributed by atoms with van der Waals surface area (Å²) in [6, 6.07) is 12.4. The number of aliphatic carboxylic acids is 1. The molecule has 3 rings (SSSR count). The zero-order valence-corrected chi connectivity index (χ0v) is 24.1. The number of Topliss-reactive ketones (excluding diaryl/α,β-unsaturated/α-hetero) is 1. The normalized spacial score (nSPS) is 13.3. The van der Waals surface area contributed by atoms with Crippen molar-refractivity contribution in [1.29, 1.82) is 0 Å². The van der Waals surface area contributed by atoms with Gasteiger partial charge in [-0.1, -0.05) is 24.3 Å². The van der Waals surface area contributed by atoms with Gasteiger partial charge < -0.3 is 14.6 Å². The van der Waals surface area contributed by atoms with Crippen molar-refractivity contribution in [2.75, 3.05) is 6.61 Å². The Morgan fingerprint density at radius 3 is 2.00 bits per heavy atom. The van der Waals surface area contributed by atoms with Crippen molar-refractivity contribution in [1.82, 2.24) is 0 Å². The number of ketones is 1. The minimum absolute atomic E-state index is 0.0396. The van der Waals surface area contributed by atoms with E-state index in [-0.39, 0.29) is 30.6 Å². The Morgan fingerprint density at radius 1 is 0.761 bits per heavy atom. The molecule has 0 spiro atoms. The fourth-order valence-corrected chi connectivity index (χ4v) is 4.83. The van der Waals surface area contributed by atoms with Crippen LogP contribution in [0.1, 0.15) is 55.2 Å². The topological polar surface area (TPSA) is 72.8 Å². The van der Waals surface area contributed by atoms with E-state index in [4.69, 9.17) is 9.84 Å². The van der Waals surface area contributed by atoms with Gasteiger partial charge in [0.1, 0.15) is 28.9 Å². The SMILES string of the molecule is O=C(O)CCCCOc1ccc(C[C@@](CC(=O)CCC(F)(F)F)(c2ccc(F)cc2)c2cc(F)cc(OC(F)(F)C(F)F)c2)cc1. The minimum Gasteiger partial charge on any atom is -0.494 e. The van der Waals surface area contributed by atoms with Gasteiger partial charge in [0, 0.05) is 30.7 Å². The average Bonchev–Trinajstić information content (AvgIpc) is 2.95. The Morgan fingerprint density at radius 2 is 1.41 bits per heavy atom. The summed E-state index contributed by atoms with van der Waals surface area (Å²) in [6.45, 7) is 0.190. The Balaban J connectivity index is 2.09. The summed E-state index contributed by atoms with van der Waals surface area (Å²) in [6.07, 6.45) is -16.7. The molecule has 5 nitrogen and oxygen atoms in total. The first-order valence-electron chi connectivity index (χ1n) is 13.9. The molecular formula is C32H29F9O5. The smallest absolute Gasteiger partial charge is 0.461 e. The van der Waals surface area contributed by atoms with Gasteiger partial charge in [0.25, 0.3) is 0 Å². The van der Waals surface area contributed by atoms with Crippen molar-refractivity contribution in [3.63, 3.8) is 0 Å². The second-order valence-electron chi connectivity index (χ2n) is 10.6. The lowest BCUT2D eigenvalue weighted by Crippen LogP contribution is -2.35. The lowest BCUT2D eigenvalue weighted by molar-refractivity contribution is -0.253. The predicted octanol–water partition coefficient (Wildman–Crippen LogP) is 8.67. The number of hydrogen-bond donors (Lipinski definition) is 1. The maximum absolute atomic E-state index is 14.9. The molecule has 0 aromatic heterocycles. The van der Waals surface area contributed by atoms with E-state index in [0.29, 0.717) is 30.2 Å². The first-order valence-corrected chi connectivity index (χ1v) is 13.9. The number of halogens is 9. The van der Waals surface area contributed by atoms with E-state index in [0.717, 1.165) is 24.3 Å². The second-order valence-corrected chi connectivity index (χ2v) is 10.6. The molecule has 0 bridgehead atoms. The molecule has 14 heteroatoms. The van der Waals surface area contributed by atoms with Crippen LogP contribution in [0.5, 0.6) is 11.5 Å². The van der Waals surface area contributed by atoms with Crippen molar-refractivity contribution >= 4 is 11.8 Å². The Bertz CT molecular complexity index is 1460. The summed E-state index contributed by atoms with van der Waals surface area (Å²) in [7, 11) is 0. The second kappa shape index (κ2) is 15.4. The summed E-state index contributed by atoms with van der Waals surface area (Å²) in [4.78, 5) is 23.7. The maximum Gasteiger partial charge on any atom is 0.461 e. The number of hydrogen-bond acceptors (Lipinski definition) is 4. The van der Waals surface area contributed by atoms with Gasteiger partial charge in [-0.2, -0.15) is 30.7 Å². The number of carbonyl (C=O) groups excluding carboxylic acids is 1. The summed E-state index contributed by atoms with van der Waals surface area (Å²) in [5.74, 6) is -4.55. The summed E-state index contributed by atoms with van der Waals surface area (Å²) in [5, 5.41) is 8.73. The van der Waals surface area contributed by atoms with Gasteiger partial charge in [0.2, 0.25) is 0 Å². The standard InChI is InChI=1S/C32H29F9O5/c33-23-8-6-21(7-9-23)30(19-25(42)12-13-31(37,38)39,22-15-24(34)17-27(16-22)46-32(40,41)29(35)36)18-20-4-10-26(11-5-20)45-14-2-1-3-28(43)44/h4-11,15-17,29H,1-3,12-14,18-19H2,(H,43,44)/t30-/m1/s1. The monoisotopic (exact) mass is 664 g/mol. The highest BCUT2D eigenvalue weighted by atomic mass is 19.4. The van der Waals surface area contributed by atoms with Crippen molar-refractivity contribution in [2.24, 2.45) is 0 Å². The minimum atomic E-state index is -5.03. The molecular weight excluding hydrogens is 635 g/mol. The molecule has 3 aromatic rings. The van der Waals surface area contributed by atoms with E-state index in [1.807, 2.05) is 0 Å². The third kappa shape index (κ3) is 10.7. The fraction of sp³-hybridized carbons (Fsp3) is 0.375. The third-order valence-corrected chi connectivity index (χ3v) is 7.00. The number of benzene rings is 3. The average molecular weight is 665 g/mol. The number of rotatable bonds is 17. The molecule has 0 aliphatic rings. The molecule has 0 aliphatic carbocycles. The van der Waals surface area contributed by atoms with Crippen LogP contribution >= 0.6 is 0 Å². The highest BCUT2D eigenvalue weighted by molar-refractivity contribution is 5.81. The number of ether oxygens (including phenoxy) is 2. The van der Waals surface area contributed by atoms with Crippen molar-refractivity contribution in [3.05, 3.63) is 95.1 Å². The summed E-state index contributed by atoms with van der Waals surface area (Å²) in [5.41, 5.74) is -1.62. The Kier molecular flexibility index (Phi) is 12.1. The molecule has 3 aromatic carbocycles. The van der Waals surface area contributed by atoms with Crippen LogP contribution in [0, 0.1) is 11.6 Å². The van der Waals surface area contributed by atoms with E-state index in [2.05, 4.69) is 4.74 Å². The predicted molar refractivity (Wildman–Crippen MR) is 147 cm³/mol. The van der Waals surface area contributed by atoms with Crippen LogP contribution in [0.2, 0.25) is 0 Å². The van der Waals surface area contributed by atoms with Gasteiger partial charge in [-0.25, -0.2) is 8.78 Å². The van der Waals surface area contributed by atoms with Crippen molar-refractivity contribution < 1.29 is 63.7 Å². The number of carboxylic acids is 1. The van der Waals surface area contributed by atoms with Crippen LogP contribution in [0.15, 0.2) is 66.7 Å². The highest BCUT2D eigenvalue weighted by Gasteiger charge is 2.45. The Hall–Kier alpha value is -4.23. The molecule has 0 saturated heterocycles. The number of unbranched alkanes of at least 4 members (excludes halogenated alkanes) is 1. The largest absolute Gasteiger partial charge is 0.494 e. The van der Waals surface area contributed by atoms with E-state index >= 15 is 0 Å². The maximum atomic E-state index is 14.9. The van der Waals surface area contributed by atoms with E-state index < -0.39 is 72.5 Å². The van der Waals surface area contributed by atoms with Gasteiger partial charge in [0.15, 0.2) is 0 Å². The zero-order valence-electron chi connectivity index (χ0n) is 24.1. The molecule has 0 amide bonds. The van der Waals surface area contributed by atoms with Gasteiger partial charge in [-0.15, -0.1) is 0 Å². The van der Waals surface area contributed by atoms with E-state index in [1.165, 1.54) is 36.4 Å². The van der Waals surface area contributed by atoms with Gasteiger partial charge in [0.05, 0.1) is 13.0 Å². The van der Waals surface area contributed by atoms with E-state index in [9.17, 15) is 49.1 Å². The molecule has 0 radical (unpaired) electrons. The number of alkyl halides is 7. The lowest BCUT2D eigenvalue weighted by atomic mass is 9.67. The van der Waals surface area contributed by atoms with Crippen LogP contribution in [-0.4, -0.2) is 42.2 Å². The van der Waals surface area contributed by atoms with Crippen LogP contribution in [-0.2, 0) is 21.4 Å². The van der Waals surface area contributed by atoms with Crippen molar-refractivity contribution in [2.45, 2.75) is 69.1 Å². The molecule has 0 saturated carbocycles. The Labute approximate surface area is 257 Å². The van der Waals surface area contributed by atoms with Crippen LogP contribution in [0.25, 0.3) is 0 Å². The summed E-state index contributed by atoms with van der Waals surface area (Å²) >= 11 is 0. The van der Waals surface area contributed by atoms with Crippen LogP contribution < -0.4 is 9.47 Å². The molecule has 0 aliphatic heterocycles. The number of carbonyl (C=O) groups is 2. The highest BCUT2D eigenvalue weighted by Crippen LogP contribution is 2.43. The zero-order chi connectivity index (χ0) is 34.1. The quantitative estimate of drug-likeness (QED) is 0.116. The molecule has 1 N–H and O–H groups in total. The first-order chi connectivity index (χ1) is 21.5. The fourth-order valence-electron chi connectivity index (χ4n) is 4.83. The molecule has 46 heavy (non-hydrogen) atoms. The number of carboxylic acid groups (broad SMARTS) is 1. The van der Waals surface area contributed by atoms with Gasteiger partial charge in [-0.05, 0) is 72.4 Å². The summed E-state index contributed by atoms with van der Waals surface area (Å²) < 4.78 is 131. The lowest BCUT2D eigenvalue weighted by Gasteiger charge is -2.36. The molecule has 1 atom stereocenters. The van der Waals surface area contributed by atoms with Gasteiger partial charge >= 0.3 is 24.7 Å². The van der Waals surface area contributed by atoms with Crippen LogP contribution in [0.4, 0.5) is 39.5 Å². The van der Waals surface area contributed by atoms with E-state index in [1.54, 1.807) is 0 Å². The molecule has 250 valence electrons. The van der Waals surface area contributed by atoms with Crippen LogP contribution in [0.3, 0.4) is 0 Å². The first kappa shape index (κ1) is 36.2. The van der Waals surface area contributed by atoms with Crippen molar-refractivity contribution in [3.8, 4) is 11.5 Å². The molecule has 0 heterocycles. The third-order valence-electron chi connectivity index (χ3n) is 7.00. The molecule has 0 unspecified atom stereocenters. The molecule has 0 fully saturated rings. The van der Waals surface area contributed by atoms with Gasteiger partial charge in [-0.3, -0.25) is 9.59 Å².